The third-order valence-corrected chi connectivity index (χ3v) is 3.00. The van der Waals surface area contributed by atoms with E-state index in [2.05, 4.69) is 6.07 Å². The number of ether oxygens (including phenoxy) is 2. The van der Waals surface area contributed by atoms with Crippen LogP contribution in [-0.4, -0.2) is 14.2 Å². The SMILES string of the molecule is COc1ccc2c(CCC#N)ccc(OC)c2c1. The molecule has 0 spiro atoms. The van der Waals surface area contributed by atoms with Gasteiger partial charge < -0.3 is 9.47 Å². The van der Waals surface area contributed by atoms with Crippen LogP contribution in [0.1, 0.15) is 12.0 Å². The van der Waals surface area contributed by atoms with Crippen molar-refractivity contribution in [1.29, 1.82) is 5.26 Å². The lowest BCUT2D eigenvalue weighted by molar-refractivity contribution is 0.412. The Morgan fingerprint density at radius 2 is 1.89 bits per heavy atom. The zero-order chi connectivity index (χ0) is 13.0. The number of nitriles is 1. The molecule has 18 heavy (non-hydrogen) atoms. The molecule has 0 bridgehead atoms. The first-order valence-electron chi connectivity index (χ1n) is 5.80. The first-order chi connectivity index (χ1) is 8.80. The summed E-state index contributed by atoms with van der Waals surface area (Å²) in [6.45, 7) is 0. The maximum absolute atomic E-state index is 8.69. The highest BCUT2D eigenvalue weighted by atomic mass is 16.5. The van der Waals surface area contributed by atoms with Gasteiger partial charge in [-0.15, -0.1) is 0 Å². The maximum atomic E-state index is 8.69. The largest absolute Gasteiger partial charge is 0.497 e. The molecule has 0 fully saturated rings. The predicted molar refractivity (Wildman–Crippen MR) is 71.0 cm³/mol. The number of aryl methyl sites for hydroxylation is 1. The van der Waals surface area contributed by atoms with Crippen molar-refractivity contribution in [2.24, 2.45) is 0 Å². The second-order valence-corrected chi connectivity index (χ2v) is 4.00. The Morgan fingerprint density at radius 3 is 2.56 bits per heavy atom. The van der Waals surface area contributed by atoms with E-state index in [4.69, 9.17) is 14.7 Å². The molecule has 0 aliphatic carbocycles. The molecule has 0 aromatic heterocycles. The Hall–Kier alpha value is -2.21. The average Bonchev–Trinajstić information content (AvgIpc) is 2.43. The van der Waals surface area contributed by atoms with Crippen molar-refractivity contribution in [3.63, 3.8) is 0 Å². The van der Waals surface area contributed by atoms with Gasteiger partial charge in [0.25, 0.3) is 0 Å². The summed E-state index contributed by atoms with van der Waals surface area (Å²) in [7, 11) is 3.30. The topological polar surface area (TPSA) is 42.2 Å². The number of nitrogens with zero attached hydrogens (tertiary/aromatic N) is 1. The minimum Gasteiger partial charge on any atom is -0.497 e. The minimum absolute atomic E-state index is 0.521. The fourth-order valence-electron chi connectivity index (χ4n) is 2.08. The molecule has 3 nitrogen and oxygen atoms in total. The van der Waals surface area contributed by atoms with Crippen molar-refractivity contribution < 1.29 is 9.47 Å². The smallest absolute Gasteiger partial charge is 0.126 e. The second-order valence-electron chi connectivity index (χ2n) is 4.00. The Labute approximate surface area is 107 Å². The minimum atomic E-state index is 0.521. The summed E-state index contributed by atoms with van der Waals surface area (Å²) in [6.07, 6.45) is 1.27. The van der Waals surface area contributed by atoms with Gasteiger partial charge >= 0.3 is 0 Å². The molecule has 0 saturated heterocycles. The van der Waals surface area contributed by atoms with E-state index in [-0.39, 0.29) is 0 Å². The first-order valence-corrected chi connectivity index (χ1v) is 5.80. The van der Waals surface area contributed by atoms with Gasteiger partial charge in [0.05, 0.1) is 20.3 Å². The summed E-state index contributed by atoms with van der Waals surface area (Å²) in [5, 5.41) is 10.8. The van der Waals surface area contributed by atoms with E-state index >= 15 is 0 Å². The summed E-state index contributed by atoms with van der Waals surface area (Å²) < 4.78 is 10.6. The summed E-state index contributed by atoms with van der Waals surface area (Å²) >= 11 is 0. The van der Waals surface area contributed by atoms with E-state index in [9.17, 15) is 0 Å². The fraction of sp³-hybridized carbons (Fsp3) is 0.267. The van der Waals surface area contributed by atoms with Gasteiger partial charge in [0.2, 0.25) is 0 Å². The quantitative estimate of drug-likeness (QED) is 0.824. The van der Waals surface area contributed by atoms with Gasteiger partial charge in [0, 0.05) is 11.8 Å². The molecule has 0 unspecified atom stereocenters. The number of benzene rings is 2. The van der Waals surface area contributed by atoms with Crippen LogP contribution in [0.5, 0.6) is 11.5 Å². The lowest BCUT2D eigenvalue weighted by Gasteiger charge is -2.11. The van der Waals surface area contributed by atoms with Gasteiger partial charge in [0.1, 0.15) is 11.5 Å². The average molecular weight is 241 g/mol. The molecule has 2 aromatic rings. The van der Waals surface area contributed by atoms with Gasteiger partial charge in [-0.25, -0.2) is 0 Å². The fourth-order valence-corrected chi connectivity index (χ4v) is 2.08. The number of rotatable bonds is 4. The second kappa shape index (κ2) is 5.42. The standard InChI is InChI=1S/C15H15NO2/c1-17-12-6-7-13-11(4-3-9-16)5-8-15(18-2)14(13)10-12/h5-8,10H,3-4H2,1-2H3. The van der Waals surface area contributed by atoms with Gasteiger partial charge in [-0.3, -0.25) is 0 Å². The predicted octanol–water partition coefficient (Wildman–Crippen LogP) is 3.31. The van der Waals surface area contributed by atoms with Crippen LogP contribution in [0, 0.1) is 11.3 Å². The van der Waals surface area contributed by atoms with Crippen LogP contribution in [0.25, 0.3) is 10.8 Å². The molecule has 0 atom stereocenters. The van der Waals surface area contributed by atoms with Crippen molar-refractivity contribution >= 4 is 10.8 Å². The molecule has 3 heteroatoms. The van der Waals surface area contributed by atoms with Gasteiger partial charge in [-0.1, -0.05) is 12.1 Å². The molecular formula is C15H15NO2. The van der Waals surface area contributed by atoms with Gasteiger partial charge in [-0.2, -0.15) is 5.26 Å². The van der Waals surface area contributed by atoms with Crippen LogP contribution in [0.2, 0.25) is 0 Å². The van der Waals surface area contributed by atoms with E-state index in [1.807, 2.05) is 30.3 Å². The zero-order valence-electron chi connectivity index (χ0n) is 10.6. The zero-order valence-corrected chi connectivity index (χ0v) is 10.6. The number of hydrogen-bond acceptors (Lipinski definition) is 3. The third kappa shape index (κ3) is 2.23. The molecule has 0 aliphatic rings. The Balaban J connectivity index is 2.59. The highest BCUT2D eigenvalue weighted by Crippen LogP contribution is 2.32. The summed E-state index contributed by atoms with van der Waals surface area (Å²) in [4.78, 5) is 0. The summed E-state index contributed by atoms with van der Waals surface area (Å²) in [5.41, 5.74) is 1.16. The van der Waals surface area contributed by atoms with Crippen LogP contribution in [0.3, 0.4) is 0 Å². The highest BCUT2D eigenvalue weighted by molar-refractivity contribution is 5.92. The maximum Gasteiger partial charge on any atom is 0.126 e. The number of fused-ring (bicyclic) bond motifs is 1. The van der Waals surface area contributed by atoms with Gasteiger partial charge in [0.15, 0.2) is 0 Å². The molecule has 0 amide bonds. The van der Waals surface area contributed by atoms with Crippen molar-refractivity contribution in [3.8, 4) is 17.6 Å². The first kappa shape index (κ1) is 12.3. The van der Waals surface area contributed by atoms with E-state index < -0.39 is 0 Å². The van der Waals surface area contributed by atoms with Crippen molar-refractivity contribution in [3.05, 3.63) is 35.9 Å². The van der Waals surface area contributed by atoms with Crippen LogP contribution >= 0.6 is 0 Å². The van der Waals surface area contributed by atoms with E-state index in [1.54, 1.807) is 14.2 Å². The molecule has 2 rings (SSSR count). The van der Waals surface area contributed by atoms with E-state index in [0.29, 0.717) is 6.42 Å². The highest BCUT2D eigenvalue weighted by Gasteiger charge is 2.07. The number of hydrogen-bond donors (Lipinski definition) is 0. The third-order valence-electron chi connectivity index (χ3n) is 3.00. The van der Waals surface area contributed by atoms with E-state index in [1.165, 1.54) is 0 Å². The molecule has 0 aliphatic heterocycles. The lowest BCUT2D eigenvalue weighted by Crippen LogP contribution is -1.92. The Bertz CT molecular complexity index is 599. The molecule has 0 heterocycles. The normalized spacial score (nSPS) is 10.1. The molecule has 0 saturated carbocycles. The number of methoxy groups -OCH3 is 2. The van der Waals surface area contributed by atoms with Crippen molar-refractivity contribution in [2.75, 3.05) is 14.2 Å². The summed E-state index contributed by atoms with van der Waals surface area (Å²) in [5.74, 6) is 1.63. The van der Waals surface area contributed by atoms with Crippen molar-refractivity contribution in [2.45, 2.75) is 12.8 Å². The summed E-state index contributed by atoms with van der Waals surface area (Å²) in [6, 6.07) is 12.0. The van der Waals surface area contributed by atoms with Crippen LogP contribution in [0.4, 0.5) is 0 Å². The van der Waals surface area contributed by atoms with Crippen LogP contribution < -0.4 is 9.47 Å². The Morgan fingerprint density at radius 1 is 1.06 bits per heavy atom. The van der Waals surface area contributed by atoms with Gasteiger partial charge in [-0.05, 0) is 35.6 Å². The molecular weight excluding hydrogens is 226 g/mol. The lowest BCUT2D eigenvalue weighted by atomic mass is 10.00. The van der Waals surface area contributed by atoms with Crippen LogP contribution in [0.15, 0.2) is 30.3 Å². The van der Waals surface area contributed by atoms with E-state index in [0.717, 1.165) is 34.3 Å². The monoisotopic (exact) mass is 241 g/mol. The van der Waals surface area contributed by atoms with Crippen LogP contribution in [-0.2, 0) is 6.42 Å². The van der Waals surface area contributed by atoms with Crippen molar-refractivity contribution in [1.82, 2.24) is 0 Å². The molecule has 92 valence electrons. The molecule has 0 N–H and O–H groups in total. The molecule has 2 aromatic carbocycles. The molecule has 0 radical (unpaired) electrons. The Kier molecular flexibility index (Phi) is 3.69.